The minimum atomic E-state index is -0.0417. The zero-order chi connectivity index (χ0) is 16.3. The number of rotatable bonds is 10. The van der Waals surface area contributed by atoms with Crippen molar-refractivity contribution in [3.8, 4) is 0 Å². The van der Waals surface area contributed by atoms with Gasteiger partial charge in [-0.2, -0.15) is 0 Å². The Balaban J connectivity index is 1.82. The minimum absolute atomic E-state index is 0.0417. The van der Waals surface area contributed by atoms with E-state index in [-0.39, 0.29) is 5.91 Å². The molecule has 0 radical (unpaired) electrons. The summed E-state index contributed by atoms with van der Waals surface area (Å²) in [4.78, 5) is 17.6. The van der Waals surface area contributed by atoms with Crippen LogP contribution in [0.1, 0.15) is 16.1 Å². The number of hydrogen-bond donors (Lipinski definition) is 2. The van der Waals surface area contributed by atoms with Gasteiger partial charge in [0.25, 0.3) is 5.91 Å². The highest BCUT2D eigenvalue weighted by molar-refractivity contribution is 7.98. The average molecular weight is 351 g/mol. The molecule has 0 aliphatic carbocycles. The van der Waals surface area contributed by atoms with Gasteiger partial charge in [-0.05, 0) is 12.1 Å². The first-order chi connectivity index (χ1) is 11.3. The number of carbonyl (C=O) groups excluding carboxylic acids is 1. The fraction of sp³-hybridized carbons (Fsp3) is 0.375. The number of methoxy groups -OCH3 is 1. The van der Waals surface area contributed by atoms with E-state index in [2.05, 4.69) is 15.6 Å². The van der Waals surface area contributed by atoms with Gasteiger partial charge in [-0.15, -0.1) is 23.1 Å². The lowest BCUT2D eigenvalue weighted by molar-refractivity contribution is 0.0951. The maximum Gasteiger partial charge on any atom is 0.252 e. The number of ether oxygens (including phenoxy) is 1. The van der Waals surface area contributed by atoms with Crippen LogP contribution in [0.5, 0.6) is 0 Å². The number of aromatic nitrogens is 1. The summed E-state index contributed by atoms with van der Waals surface area (Å²) in [5.74, 6) is 0.728. The molecule has 0 spiro atoms. The molecule has 1 amide bonds. The van der Waals surface area contributed by atoms with Crippen molar-refractivity contribution in [1.29, 1.82) is 0 Å². The molecular formula is C16H21N3O2S2. The minimum Gasteiger partial charge on any atom is -0.383 e. The summed E-state index contributed by atoms with van der Waals surface area (Å²) < 4.78 is 4.96. The van der Waals surface area contributed by atoms with E-state index < -0.39 is 0 Å². The van der Waals surface area contributed by atoms with Crippen molar-refractivity contribution in [2.45, 2.75) is 10.6 Å². The Morgan fingerprint density at radius 3 is 2.96 bits per heavy atom. The standard InChI is InChI=1S/C16H21N3O2S2/c1-21-9-8-17-6-7-18-16(20)14-4-2-3-5-15(14)23-11-13-10-22-12-19-13/h2-5,10,12,17H,6-9,11H2,1H3,(H,18,20). The van der Waals surface area contributed by atoms with Gasteiger partial charge in [0.1, 0.15) is 0 Å². The Bertz CT molecular complexity index is 591. The van der Waals surface area contributed by atoms with Crippen LogP contribution in [-0.4, -0.2) is 44.2 Å². The fourth-order valence-electron chi connectivity index (χ4n) is 1.90. The Hall–Kier alpha value is -1.41. The lowest BCUT2D eigenvalue weighted by Gasteiger charge is -2.10. The molecule has 0 aliphatic heterocycles. The molecule has 0 unspecified atom stereocenters. The second-order valence-electron chi connectivity index (χ2n) is 4.76. The summed E-state index contributed by atoms with van der Waals surface area (Å²) in [6, 6.07) is 7.67. The van der Waals surface area contributed by atoms with Gasteiger partial charge in [0, 0.05) is 42.8 Å². The third kappa shape index (κ3) is 6.31. The van der Waals surface area contributed by atoms with Crippen LogP contribution >= 0.6 is 23.1 Å². The van der Waals surface area contributed by atoms with Crippen LogP contribution in [0.4, 0.5) is 0 Å². The van der Waals surface area contributed by atoms with E-state index in [1.54, 1.807) is 30.2 Å². The Morgan fingerprint density at radius 2 is 2.17 bits per heavy atom. The number of benzene rings is 1. The van der Waals surface area contributed by atoms with E-state index in [0.717, 1.165) is 29.4 Å². The predicted octanol–water partition coefficient (Wildman–Crippen LogP) is 2.40. The van der Waals surface area contributed by atoms with E-state index in [0.29, 0.717) is 18.7 Å². The summed E-state index contributed by atoms with van der Waals surface area (Å²) >= 11 is 3.22. The summed E-state index contributed by atoms with van der Waals surface area (Å²) in [7, 11) is 1.67. The first-order valence-corrected chi connectivity index (χ1v) is 9.31. The van der Waals surface area contributed by atoms with E-state index in [1.165, 1.54) is 0 Å². The van der Waals surface area contributed by atoms with Crippen molar-refractivity contribution >= 4 is 29.0 Å². The van der Waals surface area contributed by atoms with Crippen LogP contribution in [0.2, 0.25) is 0 Å². The number of hydrogen-bond acceptors (Lipinski definition) is 6. The summed E-state index contributed by atoms with van der Waals surface area (Å²) in [6.45, 7) is 2.77. The smallest absolute Gasteiger partial charge is 0.252 e. The van der Waals surface area contributed by atoms with Gasteiger partial charge in [-0.25, -0.2) is 4.98 Å². The molecule has 7 heteroatoms. The number of thioether (sulfide) groups is 1. The molecule has 1 aromatic carbocycles. The molecule has 2 rings (SSSR count). The van der Waals surface area contributed by atoms with E-state index in [1.807, 2.05) is 35.2 Å². The summed E-state index contributed by atoms with van der Waals surface area (Å²) in [5.41, 5.74) is 3.58. The Kier molecular flexibility index (Phi) is 8.10. The molecule has 0 saturated carbocycles. The summed E-state index contributed by atoms with van der Waals surface area (Å²) in [5, 5.41) is 8.17. The van der Waals surface area contributed by atoms with Gasteiger partial charge >= 0.3 is 0 Å². The number of carbonyl (C=O) groups is 1. The van der Waals surface area contributed by atoms with Crippen LogP contribution in [-0.2, 0) is 10.5 Å². The maximum atomic E-state index is 12.3. The molecule has 23 heavy (non-hydrogen) atoms. The fourth-order valence-corrected chi connectivity index (χ4v) is 3.52. The lowest BCUT2D eigenvalue weighted by atomic mass is 10.2. The number of nitrogens with zero attached hydrogens (tertiary/aromatic N) is 1. The van der Waals surface area contributed by atoms with Gasteiger partial charge in [0.2, 0.25) is 0 Å². The number of nitrogens with one attached hydrogen (secondary N) is 2. The molecular weight excluding hydrogens is 330 g/mol. The normalized spacial score (nSPS) is 10.7. The van der Waals surface area contributed by atoms with E-state index in [4.69, 9.17) is 4.74 Å². The third-order valence-corrected chi connectivity index (χ3v) is 4.80. The number of thiazole rings is 1. The lowest BCUT2D eigenvalue weighted by Crippen LogP contribution is -2.33. The van der Waals surface area contributed by atoms with Crippen LogP contribution in [0.15, 0.2) is 40.1 Å². The molecule has 124 valence electrons. The zero-order valence-corrected chi connectivity index (χ0v) is 14.7. The molecule has 0 saturated heterocycles. The number of amides is 1. The molecule has 5 nitrogen and oxygen atoms in total. The van der Waals surface area contributed by atoms with Crippen molar-refractivity contribution < 1.29 is 9.53 Å². The van der Waals surface area contributed by atoms with Crippen molar-refractivity contribution in [2.75, 3.05) is 33.4 Å². The second kappa shape index (κ2) is 10.4. The van der Waals surface area contributed by atoms with E-state index >= 15 is 0 Å². The molecule has 2 N–H and O–H groups in total. The highest BCUT2D eigenvalue weighted by atomic mass is 32.2. The molecule has 0 bridgehead atoms. The highest BCUT2D eigenvalue weighted by Gasteiger charge is 2.11. The van der Waals surface area contributed by atoms with Gasteiger partial charge in [0.15, 0.2) is 0 Å². The molecule has 1 aromatic heterocycles. The topological polar surface area (TPSA) is 63.2 Å². The first-order valence-electron chi connectivity index (χ1n) is 7.38. The van der Waals surface area contributed by atoms with Crippen molar-refractivity contribution in [2.24, 2.45) is 0 Å². The largest absolute Gasteiger partial charge is 0.383 e. The van der Waals surface area contributed by atoms with Crippen molar-refractivity contribution in [3.63, 3.8) is 0 Å². The van der Waals surface area contributed by atoms with Crippen LogP contribution in [0.25, 0.3) is 0 Å². The van der Waals surface area contributed by atoms with Gasteiger partial charge in [0.05, 0.1) is 23.4 Å². The van der Waals surface area contributed by atoms with Crippen molar-refractivity contribution in [3.05, 3.63) is 46.4 Å². The predicted molar refractivity (Wildman–Crippen MR) is 95.2 cm³/mol. The molecule has 0 aliphatic rings. The van der Waals surface area contributed by atoms with Gasteiger partial charge in [-0.1, -0.05) is 12.1 Å². The Labute approximate surface area is 144 Å². The SMILES string of the molecule is COCCNCCNC(=O)c1ccccc1SCc1cscn1. The van der Waals surface area contributed by atoms with Gasteiger partial charge < -0.3 is 15.4 Å². The van der Waals surface area contributed by atoms with Crippen molar-refractivity contribution in [1.82, 2.24) is 15.6 Å². The van der Waals surface area contributed by atoms with Gasteiger partial charge in [-0.3, -0.25) is 4.79 Å². The first kappa shape index (κ1) is 17.9. The Morgan fingerprint density at radius 1 is 1.30 bits per heavy atom. The molecule has 0 atom stereocenters. The maximum absolute atomic E-state index is 12.3. The van der Waals surface area contributed by atoms with Crippen LogP contribution in [0, 0.1) is 0 Å². The zero-order valence-electron chi connectivity index (χ0n) is 13.1. The molecule has 1 heterocycles. The van der Waals surface area contributed by atoms with Crippen LogP contribution < -0.4 is 10.6 Å². The monoisotopic (exact) mass is 351 g/mol. The average Bonchev–Trinajstić information content (AvgIpc) is 3.09. The molecule has 0 fully saturated rings. The summed E-state index contributed by atoms with van der Waals surface area (Å²) in [6.07, 6.45) is 0. The quantitative estimate of drug-likeness (QED) is 0.508. The highest BCUT2D eigenvalue weighted by Crippen LogP contribution is 2.26. The van der Waals surface area contributed by atoms with Crippen LogP contribution in [0.3, 0.4) is 0 Å². The third-order valence-electron chi connectivity index (χ3n) is 3.06. The second-order valence-corrected chi connectivity index (χ2v) is 6.50. The molecule has 2 aromatic rings. The van der Waals surface area contributed by atoms with E-state index in [9.17, 15) is 4.79 Å².